The molecule has 1 N–H and O–H groups in total. The molecule has 1 atom stereocenters. The van der Waals surface area contributed by atoms with Crippen molar-refractivity contribution in [3.05, 3.63) is 54.1 Å². The van der Waals surface area contributed by atoms with Crippen molar-refractivity contribution in [1.29, 1.82) is 0 Å². The third-order valence-electron chi connectivity index (χ3n) is 4.44. The second-order valence-electron chi connectivity index (χ2n) is 6.38. The molecule has 0 spiro atoms. The molecular weight excluding hydrogens is 360 g/mol. The van der Waals surface area contributed by atoms with Gasteiger partial charge in [-0.1, -0.05) is 18.2 Å². The number of para-hydroxylation sites is 1. The van der Waals surface area contributed by atoms with Crippen LogP contribution in [-0.2, 0) is 9.53 Å². The second kappa shape index (κ2) is 9.23. The molecule has 2 aromatic rings. The molecule has 1 aliphatic heterocycles. The number of methoxy groups -OCH3 is 1. The van der Waals surface area contributed by atoms with Crippen LogP contribution in [0.25, 0.3) is 0 Å². The summed E-state index contributed by atoms with van der Waals surface area (Å²) >= 11 is 0. The number of hydrogen-bond donors (Lipinski definition) is 1. The zero-order valence-electron chi connectivity index (χ0n) is 16.0. The minimum absolute atomic E-state index is 0.124. The summed E-state index contributed by atoms with van der Waals surface area (Å²) in [5, 5.41) is 2.81. The van der Waals surface area contributed by atoms with Gasteiger partial charge in [-0.05, 0) is 31.2 Å². The average Bonchev–Trinajstić information content (AvgIpc) is 2.74. The average molecular weight is 384 g/mol. The molecule has 0 bridgehead atoms. The molecule has 0 saturated carbocycles. The van der Waals surface area contributed by atoms with Crippen LogP contribution in [0.4, 0.5) is 5.69 Å². The lowest BCUT2D eigenvalue weighted by atomic mass is 10.1. The molecule has 3 rings (SSSR count). The normalized spacial score (nSPS) is 14.9. The maximum absolute atomic E-state index is 12.8. The number of carbonyl (C=O) groups excluding carboxylic acids is 2. The van der Waals surface area contributed by atoms with E-state index >= 15 is 0 Å². The van der Waals surface area contributed by atoms with Crippen LogP contribution in [0.5, 0.6) is 11.5 Å². The van der Waals surface area contributed by atoms with Crippen molar-refractivity contribution in [2.24, 2.45) is 0 Å². The summed E-state index contributed by atoms with van der Waals surface area (Å²) in [6.45, 7) is 3.77. The molecule has 148 valence electrons. The van der Waals surface area contributed by atoms with E-state index in [1.165, 1.54) is 0 Å². The van der Waals surface area contributed by atoms with Crippen LogP contribution in [0.2, 0.25) is 0 Å². The van der Waals surface area contributed by atoms with Gasteiger partial charge in [-0.2, -0.15) is 0 Å². The maximum atomic E-state index is 12.8. The van der Waals surface area contributed by atoms with E-state index < -0.39 is 6.10 Å². The van der Waals surface area contributed by atoms with Gasteiger partial charge in [0.05, 0.1) is 31.6 Å². The summed E-state index contributed by atoms with van der Waals surface area (Å²) in [6.07, 6.45) is -0.751. The van der Waals surface area contributed by atoms with Crippen molar-refractivity contribution >= 4 is 17.5 Å². The van der Waals surface area contributed by atoms with Gasteiger partial charge in [0.2, 0.25) is 0 Å². The van der Waals surface area contributed by atoms with Crippen LogP contribution >= 0.6 is 0 Å². The summed E-state index contributed by atoms with van der Waals surface area (Å²) in [5.41, 5.74) is 0.913. The number of amides is 2. The number of morpholine rings is 1. The number of nitrogens with one attached hydrogen (secondary N) is 1. The fourth-order valence-electron chi connectivity index (χ4n) is 2.88. The highest BCUT2D eigenvalue weighted by Crippen LogP contribution is 2.22. The fraction of sp³-hybridized carbons (Fsp3) is 0.333. The molecule has 1 heterocycles. The van der Waals surface area contributed by atoms with Gasteiger partial charge < -0.3 is 24.4 Å². The lowest BCUT2D eigenvalue weighted by Gasteiger charge is -2.27. The van der Waals surface area contributed by atoms with E-state index in [0.29, 0.717) is 49.1 Å². The lowest BCUT2D eigenvalue weighted by molar-refractivity contribution is -0.122. The van der Waals surface area contributed by atoms with Gasteiger partial charge in [0.15, 0.2) is 6.10 Å². The number of hydrogen-bond acceptors (Lipinski definition) is 5. The Morgan fingerprint density at radius 2 is 1.79 bits per heavy atom. The van der Waals surface area contributed by atoms with Crippen molar-refractivity contribution in [2.75, 3.05) is 38.7 Å². The summed E-state index contributed by atoms with van der Waals surface area (Å²) in [6, 6.07) is 14.0. The zero-order valence-corrected chi connectivity index (χ0v) is 16.0. The Bertz CT molecular complexity index is 833. The molecule has 28 heavy (non-hydrogen) atoms. The number of ether oxygens (including phenoxy) is 3. The Morgan fingerprint density at radius 3 is 2.54 bits per heavy atom. The minimum atomic E-state index is -0.751. The Hall–Kier alpha value is -3.06. The number of carbonyl (C=O) groups is 2. The first kappa shape index (κ1) is 19.7. The number of nitrogens with zero attached hydrogens (tertiary/aromatic N) is 1. The van der Waals surface area contributed by atoms with E-state index in [4.69, 9.17) is 14.2 Å². The molecule has 0 unspecified atom stereocenters. The van der Waals surface area contributed by atoms with E-state index in [1.807, 2.05) is 0 Å². The maximum Gasteiger partial charge on any atom is 0.265 e. The number of rotatable bonds is 6. The first-order valence-corrected chi connectivity index (χ1v) is 9.16. The highest BCUT2D eigenvalue weighted by atomic mass is 16.5. The topological polar surface area (TPSA) is 77.1 Å². The Kier molecular flexibility index (Phi) is 6.49. The molecule has 2 aromatic carbocycles. The van der Waals surface area contributed by atoms with Gasteiger partial charge in [0, 0.05) is 19.2 Å². The van der Waals surface area contributed by atoms with Gasteiger partial charge in [-0.25, -0.2) is 0 Å². The second-order valence-corrected chi connectivity index (χ2v) is 6.38. The molecule has 2 amide bonds. The number of anilines is 1. The highest BCUT2D eigenvalue weighted by Gasteiger charge is 2.23. The lowest BCUT2D eigenvalue weighted by Crippen LogP contribution is -2.41. The summed E-state index contributed by atoms with van der Waals surface area (Å²) in [7, 11) is 1.57. The van der Waals surface area contributed by atoms with E-state index in [1.54, 1.807) is 67.5 Å². The van der Waals surface area contributed by atoms with Crippen molar-refractivity contribution in [3.63, 3.8) is 0 Å². The molecule has 0 radical (unpaired) electrons. The quantitative estimate of drug-likeness (QED) is 0.828. The van der Waals surface area contributed by atoms with Crippen molar-refractivity contribution in [1.82, 2.24) is 4.90 Å². The van der Waals surface area contributed by atoms with Crippen molar-refractivity contribution in [2.45, 2.75) is 13.0 Å². The van der Waals surface area contributed by atoms with Crippen LogP contribution in [0.3, 0.4) is 0 Å². The largest absolute Gasteiger partial charge is 0.497 e. The van der Waals surface area contributed by atoms with E-state index in [2.05, 4.69) is 5.32 Å². The van der Waals surface area contributed by atoms with Crippen LogP contribution in [0.1, 0.15) is 17.3 Å². The van der Waals surface area contributed by atoms with Crippen LogP contribution < -0.4 is 14.8 Å². The standard InChI is InChI=1S/C21H24N2O5/c1-15(28-17-7-5-6-16(14-17)26-2)20(24)22-19-9-4-3-8-18(19)21(25)23-10-12-27-13-11-23/h3-9,14-15H,10-13H2,1-2H3,(H,22,24)/t15-/m1/s1. The molecule has 7 heteroatoms. The molecule has 0 aliphatic carbocycles. The van der Waals surface area contributed by atoms with Gasteiger partial charge in [0.1, 0.15) is 11.5 Å². The van der Waals surface area contributed by atoms with Gasteiger partial charge >= 0.3 is 0 Å². The van der Waals surface area contributed by atoms with Crippen LogP contribution in [0.15, 0.2) is 48.5 Å². The smallest absolute Gasteiger partial charge is 0.265 e. The highest BCUT2D eigenvalue weighted by molar-refractivity contribution is 6.04. The Balaban J connectivity index is 1.68. The van der Waals surface area contributed by atoms with Gasteiger partial charge in [-0.3, -0.25) is 9.59 Å². The number of benzene rings is 2. The predicted molar refractivity (Wildman–Crippen MR) is 105 cm³/mol. The first-order valence-electron chi connectivity index (χ1n) is 9.16. The molecule has 0 aromatic heterocycles. The summed E-state index contributed by atoms with van der Waals surface area (Å²) in [4.78, 5) is 27.1. The third-order valence-corrected chi connectivity index (χ3v) is 4.44. The minimum Gasteiger partial charge on any atom is -0.497 e. The summed E-state index contributed by atoms with van der Waals surface area (Å²) < 4.78 is 16.2. The zero-order chi connectivity index (χ0) is 19.9. The SMILES string of the molecule is COc1cccc(O[C@H](C)C(=O)Nc2ccccc2C(=O)N2CCOCC2)c1. The Morgan fingerprint density at radius 1 is 1.07 bits per heavy atom. The molecule has 7 nitrogen and oxygen atoms in total. The first-order chi connectivity index (χ1) is 13.6. The molecule has 1 aliphatic rings. The van der Waals surface area contributed by atoms with E-state index in [9.17, 15) is 9.59 Å². The van der Waals surface area contributed by atoms with Gasteiger partial charge in [-0.15, -0.1) is 0 Å². The predicted octanol–water partition coefficient (Wildman–Crippen LogP) is 2.57. The van der Waals surface area contributed by atoms with E-state index in [-0.39, 0.29) is 11.8 Å². The van der Waals surface area contributed by atoms with Crippen molar-refractivity contribution in [3.8, 4) is 11.5 Å². The molecular formula is C21H24N2O5. The fourth-order valence-corrected chi connectivity index (χ4v) is 2.88. The van der Waals surface area contributed by atoms with Crippen LogP contribution in [0, 0.1) is 0 Å². The van der Waals surface area contributed by atoms with Crippen molar-refractivity contribution < 1.29 is 23.8 Å². The molecule has 1 fully saturated rings. The third kappa shape index (κ3) is 4.80. The molecule has 1 saturated heterocycles. The van der Waals surface area contributed by atoms with E-state index in [0.717, 1.165) is 0 Å². The Labute approximate surface area is 164 Å². The van der Waals surface area contributed by atoms with Gasteiger partial charge in [0.25, 0.3) is 11.8 Å². The summed E-state index contributed by atoms with van der Waals surface area (Å²) in [5.74, 6) is 0.705. The van der Waals surface area contributed by atoms with Crippen LogP contribution in [-0.4, -0.2) is 56.2 Å². The monoisotopic (exact) mass is 384 g/mol.